The molecule has 11 heteroatoms. The summed E-state index contributed by atoms with van der Waals surface area (Å²) in [6, 6.07) is 0. The molecule has 0 fully saturated rings. The van der Waals surface area contributed by atoms with E-state index in [1.807, 2.05) is 0 Å². The van der Waals surface area contributed by atoms with Crippen LogP contribution in [0.4, 0.5) is 0 Å². The van der Waals surface area contributed by atoms with E-state index in [2.05, 4.69) is 21.3 Å². The van der Waals surface area contributed by atoms with Gasteiger partial charge in [0, 0.05) is 11.1 Å². The smallest absolute Gasteiger partial charge is 0.668 e. The second kappa shape index (κ2) is 20.2. The maximum atomic E-state index is 11.1. The summed E-state index contributed by atoms with van der Waals surface area (Å²) in [5, 5.41) is 29.0. The zero-order valence-corrected chi connectivity index (χ0v) is 22.5. The Morgan fingerprint density at radius 1 is 0.645 bits per heavy atom. The number of carboxylic acids is 2. The van der Waals surface area contributed by atoms with Gasteiger partial charge in [0.05, 0.1) is 11.8 Å². The van der Waals surface area contributed by atoms with Gasteiger partial charge in [-0.25, -0.2) is 0 Å². The van der Waals surface area contributed by atoms with Gasteiger partial charge in [0.2, 0.25) is 0 Å². The standard InChI is InChI=1S/2C8H14NO3.2C2H6N.Ti/c2*1-5(7(11)12)6(10)9-8(2,3)4;2*1-3-2;/h2*1-4H3,(H,9,10)(H,11,12);2*1-2H3;/q4*-1;+4. The van der Waals surface area contributed by atoms with Crippen molar-refractivity contribution in [2.45, 2.75) is 66.5 Å². The maximum Gasteiger partial charge on any atom is 4.00 e. The maximum absolute atomic E-state index is 11.1. The molecule has 0 spiro atoms. The Kier molecular flexibility index (Phi) is 25.8. The van der Waals surface area contributed by atoms with Gasteiger partial charge in [-0.3, -0.25) is 9.59 Å². The minimum absolute atomic E-state index is 0. The monoisotopic (exact) mass is 480 g/mol. The third-order valence-corrected chi connectivity index (χ3v) is 2.30. The fraction of sp³-hybridized carbons (Fsp3) is 0.700. The van der Waals surface area contributed by atoms with Crippen LogP contribution in [0.15, 0.2) is 0 Å². The molecular weight excluding hydrogens is 440 g/mol. The fourth-order valence-corrected chi connectivity index (χ4v) is 1.06. The molecule has 0 aromatic carbocycles. The number of hydrogen-bond acceptors (Lipinski definition) is 4. The van der Waals surface area contributed by atoms with Gasteiger partial charge < -0.3 is 41.1 Å². The van der Waals surface area contributed by atoms with Crippen molar-refractivity contribution in [1.82, 2.24) is 10.6 Å². The van der Waals surface area contributed by atoms with Gasteiger partial charge in [-0.2, -0.15) is 53.9 Å². The molecule has 0 aromatic heterocycles. The fourth-order valence-electron chi connectivity index (χ4n) is 1.06. The molecule has 0 aliphatic carbocycles. The van der Waals surface area contributed by atoms with Crippen molar-refractivity contribution in [1.29, 1.82) is 0 Å². The van der Waals surface area contributed by atoms with Crippen molar-refractivity contribution in [3.63, 3.8) is 0 Å². The van der Waals surface area contributed by atoms with E-state index < -0.39 is 34.8 Å². The van der Waals surface area contributed by atoms with E-state index in [9.17, 15) is 19.2 Å². The molecule has 0 saturated heterocycles. The van der Waals surface area contributed by atoms with Gasteiger partial charge in [0.15, 0.2) is 11.9 Å². The van der Waals surface area contributed by atoms with E-state index in [1.54, 1.807) is 69.7 Å². The van der Waals surface area contributed by atoms with Crippen LogP contribution in [0.5, 0.6) is 0 Å². The zero-order valence-electron chi connectivity index (χ0n) is 20.9. The van der Waals surface area contributed by atoms with Crippen LogP contribution in [0.3, 0.4) is 0 Å². The summed E-state index contributed by atoms with van der Waals surface area (Å²) < 4.78 is 0. The topological polar surface area (TPSA) is 161 Å². The molecule has 0 bridgehead atoms. The van der Waals surface area contributed by atoms with E-state index in [-0.39, 0.29) is 33.6 Å². The summed E-state index contributed by atoms with van der Waals surface area (Å²) >= 11 is 0. The Labute approximate surface area is 202 Å². The number of amides is 2. The number of aliphatic carboxylic acids is 2. The van der Waals surface area contributed by atoms with E-state index in [0.717, 1.165) is 0 Å². The number of carbonyl (C=O) groups is 4. The second-order valence-electron chi connectivity index (χ2n) is 8.16. The zero-order chi connectivity index (χ0) is 25.3. The number of nitrogens with one attached hydrogen (secondary N) is 2. The predicted octanol–water partition coefficient (Wildman–Crippen LogP) is 2.40. The summed E-state index contributed by atoms with van der Waals surface area (Å²) in [5.41, 5.74) is -0.790. The van der Waals surface area contributed by atoms with Gasteiger partial charge in [-0.05, 0) is 41.5 Å². The second-order valence-corrected chi connectivity index (χ2v) is 8.16. The van der Waals surface area contributed by atoms with E-state index in [0.29, 0.717) is 0 Å². The summed E-state index contributed by atoms with van der Waals surface area (Å²) in [5.74, 6) is -3.81. The van der Waals surface area contributed by atoms with Crippen LogP contribution >= 0.6 is 0 Å². The first-order valence-electron chi connectivity index (χ1n) is 9.05. The van der Waals surface area contributed by atoms with Gasteiger partial charge in [0.1, 0.15) is 0 Å². The summed E-state index contributed by atoms with van der Waals surface area (Å²) in [6.45, 7) is 13.3. The Morgan fingerprint density at radius 3 is 0.903 bits per heavy atom. The number of nitrogens with zero attached hydrogens (tertiary/aromatic N) is 2. The predicted molar refractivity (Wildman–Crippen MR) is 119 cm³/mol. The van der Waals surface area contributed by atoms with Crippen LogP contribution in [0.2, 0.25) is 0 Å². The molecule has 0 heterocycles. The van der Waals surface area contributed by atoms with Crippen LogP contribution in [0, 0.1) is 11.8 Å². The Hall–Kier alpha value is -1.75. The molecule has 0 saturated carbocycles. The van der Waals surface area contributed by atoms with E-state index in [1.165, 1.54) is 13.8 Å². The van der Waals surface area contributed by atoms with Gasteiger partial charge >= 0.3 is 21.7 Å². The number of hydrogen-bond donors (Lipinski definition) is 4. The number of carboxylic acid groups (broad SMARTS) is 2. The molecule has 0 aromatic rings. The molecule has 0 rings (SSSR count). The minimum Gasteiger partial charge on any atom is -0.668 e. The number of rotatable bonds is 4. The van der Waals surface area contributed by atoms with E-state index >= 15 is 0 Å². The van der Waals surface area contributed by atoms with Crippen molar-refractivity contribution in [3.05, 3.63) is 22.5 Å². The van der Waals surface area contributed by atoms with Gasteiger partial charge in [0.25, 0.3) is 0 Å². The van der Waals surface area contributed by atoms with Crippen LogP contribution < -0.4 is 10.6 Å². The van der Waals surface area contributed by atoms with Crippen molar-refractivity contribution >= 4 is 23.8 Å². The minimum atomic E-state index is -1.18. The van der Waals surface area contributed by atoms with Gasteiger partial charge in [-0.1, -0.05) is 0 Å². The van der Waals surface area contributed by atoms with E-state index in [4.69, 9.17) is 10.2 Å². The molecule has 2 amide bonds. The largest absolute Gasteiger partial charge is 4.00 e. The molecule has 4 N–H and O–H groups in total. The average Bonchev–Trinajstić information content (AvgIpc) is 2.52. The molecule has 10 nitrogen and oxygen atoms in total. The number of carbonyl (C=O) groups excluding carboxylic acids is 2. The first-order chi connectivity index (χ1) is 13.3. The first-order valence-corrected chi connectivity index (χ1v) is 9.05. The Balaban J connectivity index is -0.000000113. The average molecular weight is 480 g/mol. The first kappa shape index (κ1) is 39.7. The van der Waals surface area contributed by atoms with Crippen LogP contribution in [-0.4, -0.2) is 73.2 Å². The van der Waals surface area contributed by atoms with Crippen molar-refractivity contribution in [2.75, 3.05) is 28.2 Å². The Morgan fingerprint density at radius 2 is 0.806 bits per heavy atom. The molecule has 31 heavy (non-hydrogen) atoms. The van der Waals surface area contributed by atoms with Crippen molar-refractivity contribution in [3.8, 4) is 0 Å². The molecule has 0 atom stereocenters. The summed E-state index contributed by atoms with van der Waals surface area (Å²) in [4.78, 5) is 42.8. The Bertz CT molecular complexity index is 471. The van der Waals surface area contributed by atoms with Crippen molar-refractivity contribution in [2.24, 2.45) is 0 Å². The van der Waals surface area contributed by atoms with Crippen LogP contribution in [0.1, 0.15) is 55.4 Å². The molecule has 0 aliphatic heterocycles. The SMILES string of the molecule is C[C-](C(=O)O)C(=O)NC(C)(C)C.C[C-](C(=O)O)C(=O)NC(C)(C)C.C[N-]C.C[N-]C.[Ti+4]. The summed E-state index contributed by atoms with van der Waals surface area (Å²) in [6.07, 6.45) is 0. The quantitative estimate of drug-likeness (QED) is 0.274. The third-order valence-electron chi connectivity index (χ3n) is 2.30. The molecular formula is C20H40N4O6Ti. The summed E-state index contributed by atoms with van der Waals surface area (Å²) in [7, 11) is 7.00. The van der Waals surface area contributed by atoms with Gasteiger partial charge in [-0.15, -0.1) is 0 Å². The molecule has 0 unspecified atom stereocenters. The van der Waals surface area contributed by atoms with Crippen molar-refractivity contribution < 1.29 is 51.1 Å². The normalized spacial score (nSPS) is 9.42. The third kappa shape index (κ3) is 33.1. The van der Waals surface area contributed by atoms with Crippen LogP contribution in [-0.2, 0) is 40.9 Å². The molecule has 180 valence electrons. The van der Waals surface area contributed by atoms with Crippen LogP contribution in [0.25, 0.3) is 10.6 Å². The molecule has 0 aliphatic rings. The molecule has 0 radical (unpaired) electrons.